The zero-order valence-corrected chi connectivity index (χ0v) is 10.1. The smallest absolute Gasteiger partial charge is 0.0409 e. The quantitative estimate of drug-likeness (QED) is 0.725. The van der Waals surface area contributed by atoms with E-state index in [4.69, 9.17) is 17.3 Å². The number of rotatable bonds is 0. The number of nitrogens with two attached hydrogens (primary N) is 1. The first-order valence-electron chi connectivity index (χ1n) is 5.96. The highest BCUT2D eigenvalue weighted by Crippen LogP contribution is 2.50. The van der Waals surface area contributed by atoms with Crippen LogP contribution in [0.4, 0.5) is 0 Å². The summed E-state index contributed by atoms with van der Waals surface area (Å²) in [4.78, 5) is 0. The average molecular weight is 237 g/mol. The molecule has 1 spiro atoms. The van der Waals surface area contributed by atoms with E-state index in [1.54, 1.807) is 0 Å². The summed E-state index contributed by atoms with van der Waals surface area (Å²) >= 11 is 6.05. The predicted molar refractivity (Wildman–Crippen MR) is 66.6 cm³/mol. The molecule has 1 aliphatic carbocycles. The number of fused-ring (bicyclic) bond motifs is 1. The van der Waals surface area contributed by atoms with Gasteiger partial charge in [-0.25, -0.2) is 0 Å². The van der Waals surface area contributed by atoms with Gasteiger partial charge in [-0.3, -0.25) is 0 Å². The van der Waals surface area contributed by atoms with Crippen LogP contribution in [-0.4, -0.2) is 13.1 Å². The molecule has 1 saturated heterocycles. The molecular weight excluding hydrogens is 220 g/mol. The van der Waals surface area contributed by atoms with Crippen LogP contribution in [0.5, 0.6) is 0 Å². The number of benzene rings is 1. The van der Waals surface area contributed by atoms with E-state index >= 15 is 0 Å². The van der Waals surface area contributed by atoms with Gasteiger partial charge < -0.3 is 11.1 Å². The SMILES string of the molecule is N[C@@H]1c2cc(Cl)ccc2CC12CCNCC2. The van der Waals surface area contributed by atoms with Gasteiger partial charge in [0, 0.05) is 11.1 Å². The second kappa shape index (κ2) is 3.73. The fourth-order valence-corrected chi connectivity index (χ4v) is 3.43. The monoisotopic (exact) mass is 236 g/mol. The predicted octanol–water partition coefficient (Wildman–Crippen LogP) is 2.27. The lowest BCUT2D eigenvalue weighted by Crippen LogP contribution is -2.42. The molecule has 3 heteroatoms. The fraction of sp³-hybridized carbons (Fsp3) is 0.538. The van der Waals surface area contributed by atoms with Crippen molar-refractivity contribution in [3.63, 3.8) is 0 Å². The lowest BCUT2D eigenvalue weighted by atomic mass is 9.73. The standard InChI is InChI=1S/C13H17ClN2/c14-10-2-1-9-8-13(3-5-16-6-4-13)12(15)11(9)7-10/h1-2,7,12,16H,3-6,8,15H2/t12-/m1/s1. The van der Waals surface area contributed by atoms with Crippen molar-refractivity contribution >= 4 is 11.6 Å². The molecule has 1 heterocycles. The van der Waals surface area contributed by atoms with Gasteiger partial charge >= 0.3 is 0 Å². The first kappa shape index (κ1) is 10.6. The Bertz CT molecular complexity index is 410. The first-order chi connectivity index (χ1) is 7.71. The van der Waals surface area contributed by atoms with Crippen molar-refractivity contribution in [2.45, 2.75) is 25.3 Å². The summed E-state index contributed by atoms with van der Waals surface area (Å²) in [5.74, 6) is 0. The summed E-state index contributed by atoms with van der Waals surface area (Å²) in [6.07, 6.45) is 3.49. The first-order valence-corrected chi connectivity index (χ1v) is 6.34. The number of piperidine rings is 1. The summed E-state index contributed by atoms with van der Waals surface area (Å²) in [6, 6.07) is 6.35. The van der Waals surface area contributed by atoms with Crippen LogP contribution < -0.4 is 11.1 Å². The van der Waals surface area contributed by atoms with Gasteiger partial charge in [-0.2, -0.15) is 0 Å². The van der Waals surface area contributed by atoms with Crippen LogP contribution >= 0.6 is 11.6 Å². The average Bonchev–Trinajstić information content (AvgIpc) is 2.55. The molecule has 0 aromatic heterocycles. The molecule has 16 heavy (non-hydrogen) atoms. The summed E-state index contributed by atoms with van der Waals surface area (Å²) in [7, 11) is 0. The summed E-state index contributed by atoms with van der Waals surface area (Å²) < 4.78 is 0. The van der Waals surface area contributed by atoms with E-state index in [0.717, 1.165) is 24.5 Å². The lowest BCUT2D eigenvalue weighted by Gasteiger charge is -2.37. The zero-order chi connectivity index (χ0) is 11.2. The van der Waals surface area contributed by atoms with E-state index in [-0.39, 0.29) is 11.5 Å². The molecule has 1 aromatic rings. The maximum atomic E-state index is 6.44. The van der Waals surface area contributed by atoms with Crippen LogP contribution in [0, 0.1) is 5.41 Å². The number of hydrogen-bond acceptors (Lipinski definition) is 2. The van der Waals surface area contributed by atoms with Crippen molar-refractivity contribution in [3.8, 4) is 0 Å². The Morgan fingerprint density at radius 1 is 1.31 bits per heavy atom. The third-order valence-electron chi connectivity index (χ3n) is 4.24. The molecule has 0 bridgehead atoms. The Morgan fingerprint density at radius 2 is 2.06 bits per heavy atom. The third-order valence-corrected chi connectivity index (χ3v) is 4.48. The number of hydrogen-bond donors (Lipinski definition) is 2. The lowest BCUT2D eigenvalue weighted by molar-refractivity contribution is 0.174. The van der Waals surface area contributed by atoms with Gasteiger partial charge in [0.25, 0.3) is 0 Å². The highest BCUT2D eigenvalue weighted by molar-refractivity contribution is 6.30. The maximum Gasteiger partial charge on any atom is 0.0409 e. The Hall–Kier alpha value is -0.570. The summed E-state index contributed by atoms with van der Waals surface area (Å²) in [6.45, 7) is 2.19. The van der Waals surface area contributed by atoms with Crippen molar-refractivity contribution in [2.75, 3.05) is 13.1 Å². The minimum absolute atomic E-state index is 0.170. The van der Waals surface area contributed by atoms with Crippen LogP contribution in [-0.2, 0) is 6.42 Å². The molecule has 1 aliphatic heterocycles. The molecular formula is C13H17ClN2. The molecule has 3 rings (SSSR count). The van der Waals surface area contributed by atoms with Crippen molar-refractivity contribution < 1.29 is 0 Å². The van der Waals surface area contributed by atoms with Crippen molar-refractivity contribution in [1.82, 2.24) is 5.32 Å². The Balaban J connectivity index is 1.99. The van der Waals surface area contributed by atoms with E-state index in [1.165, 1.54) is 24.0 Å². The van der Waals surface area contributed by atoms with Gasteiger partial charge in [0.2, 0.25) is 0 Å². The fourth-order valence-electron chi connectivity index (χ4n) is 3.25. The molecule has 1 aromatic carbocycles. The van der Waals surface area contributed by atoms with Crippen LogP contribution in [0.2, 0.25) is 5.02 Å². The molecule has 0 unspecified atom stereocenters. The second-order valence-corrected chi connectivity index (χ2v) is 5.55. The normalized spacial score (nSPS) is 27.0. The highest BCUT2D eigenvalue weighted by Gasteiger charge is 2.44. The van der Waals surface area contributed by atoms with Crippen LogP contribution in [0.25, 0.3) is 0 Å². The molecule has 1 atom stereocenters. The molecule has 86 valence electrons. The molecule has 0 amide bonds. The van der Waals surface area contributed by atoms with Crippen molar-refractivity contribution in [2.24, 2.45) is 11.1 Å². The zero-order valence-electron chi connectivity index (χ0n) is 9.30. The van der Waals surface area contributed by atoms with E-state index in [1.807, 2.05) is 6.07 Å². The van der Waals surface area contributed by atoms with E-state index in [2.05, 4.69) is 17.4 Å². The van der Waals surface area contributed by atoms with Gasteiger partial charge in [-0.05, 0) is 61.0 Å². The molecule has 1 fully saturated rings. The highest BCUT2D eigenvalue weighted by atomic mass is 35.5. The van der Waals surface area contributed by atoms with E-state index in [0.29, 0.717) is 0 Å². The Labute approximate surface area is 101 Å². The molecule has 0 saturated carbocycles. The summed E-state index contributed by atoms with van der Waals surface area (Å²) in [5, 5.41) is 4.22. The van der Waals surface area contributed by atoms with Crippen LogP contribution in [0.15, 0.2) is 18.2 Å². The van der Waals surface area contributed by atoms with Gasteiger partial charge in [-0.15, -0.1) is 0 Å². The molecule has 2 nitrogen and oxygen atoms in total. The van der Waals surface area contributed by atoms with Gasteiger partial charge in [0.1, 0.15) is 0 Å². The van der Waals surface area contributed by atoms with E-state index in [9.17, 15) is 0 Å². The topological polar surface area (TPSA) is 38.0 Å². The molecule has 0 radical (unpaired) electrons. The minimum atomic E-state index is 0.170. The van der Waals surface area contributed by atoms with Gasteiger partial charge in [0.05, 0.1) is 0 Å². The third kappa shape index (κ3) is 1.48. The van der Waals surface area contributed by atoms with Gasteiger partial charge in [-0.1, -0.05) is 17.7 Å². The number of halogens is 1. The second-order valence-electron chi connectivity index (χ2n) is 5.11. The summed E-state index contributed by atoms with van der Waals surface area (Å²) in [5.41, 5.74) is 9.40. The Morgan fingerprint density at radius 3 is 2.81 bits per heavy atom. The van der Waals surface area contributed by atoms with Gasteiger partial charge in [0.15, 0.2) is 0 Å². The van der Waals surface area contributed by atoms with Crippen LogP contribution in [0.1, 0.15) is 30.0 Å². The minimum Gasteiger partial charge on any atom is -0.323 e. The maximum absolute atomic E-state index is 6.44. The van der Waals surface area contributed by atoms with Crippen molar-refractivity contribution in [3.05, 3.63) is 34.3 Å². The van der Waals surface area contributed by atoms with Crippen LogP contribution in [0.3, 0.4) is 0 Å². The molecule has 2 aliphatic rings. The molecule has 3 N–H and O–H groups in total. The van der Waals surface area contributed by atoms with E-state index < -0.39 is 0 Å². The largest absolute Gasteiger partial charge is 0.323 e. The number of nitrogens with one attached hydrogen (secondary N) is 1. The van der Waals surface area contributed by atoms with Crippen molar-refractivity contribution in [1.29, 1.82) is 0 Å². The Kier molecular flexibility index (Phi) is 2.46.